The largest absolute Gasteiger partial charge is 0.490 e. The first-order valence-corrected chi connectivity index (χ1v) is 11.1. The van der Waals surface area contributed by atoms with Gasteiger partial charge in [0.25, 0.3) is 5.91 Å². The molecule has 0 saturated heterocycles. The van der Waals surface area contributed by atoms with Crippen LogP contribution >= 0.6 is 27.5 Å². The van der Waals surface area contributed by atoms with Crippen molar-refractivity contribution in [3.63, 3.8) is 0 Å². The Labute approximate surface area is 195 Å². The molecular formula is C24H24BrClN2O3. The Bertz CT molecular complexity index is 1040. The van der Waals surface area contributed by atoms with E-state index in [2.05, 4.69) is 26.6 Å². The molecule has 1 amide bonds. The highest BCUT2D eigenvalue weighted by Gasteiger charge is 2.14. The number of carbonyl (C=O) groups excluding carboxylic acids is 1. The zero-order chi connectivity index (χ0) is 22.2. The zero-order valence-electron chi connectivity index (χ0n) is 17.4. The highest BCUT2D eigenvalue weighted by Crippen LogP contribution is 2.37. The third-order valence-corrected chi connectivity index (χ3v) is 5.44. The first-order valence-electron chi connectivity index (χ1n) is 9.89. The van der Waals surface area contributed by atoms with Crippen LogP contribution in [0, 0.1) is 6.92 Å². The number of benzene rings is 3. The smallest absolute Gasteiger partial charge is 0.262 e. The number of nitrogens with one attached hydrogen (secondary N) is 2. The lowest BCUT2D eigenvalue weighted by molar-refractivity contribution is -0.118. The summed E-state index contributed by atoms with van der Waals surface area (Å²) in [6.45, 7) is 4.79. The van der Waals surface area contributed by atoms with E-state index in [1.165, 1.54) is 0 Å². The van der Waals surface area contributed by atoms with Crippen molar-refractivity contribution in [2.45, 2.75) is 20.4 Å². The van der Waals surface area contributed by atoms with E-state index in [1.54, 1.807) is 0 Å². The van der Waals surface area contributed by atoms with Gasteiger partial charge in [-0.05, 0) is 77.3 Å². The van der Waals surface area contributed by atoms with Crippen molar-refractivity contribution < 1.29 is 14.3 Å². The van der Waals surface area contributed by atoms with Gasteiger partial charge in [0, 0.05) is 22.9 Å². The minimum atomic E-state index is -0.248. The first kappa shape index (κ1) is 23.0. The van der Waals surface area contributed by atoms with E-state index in [9.17, 15) is 4.79 Å². The number of rotatable bonds is 9. The maximum atomic E-state index is 12.2. The molecule has 0 bridgehead atoms. The summed E-state index contributed by atoms with van der Waals surface area (Å²) in [5.74, 6) is 0.817. The summed E-state index contributed by atoms with van der Waals surface area (Å²) >= 11 is 9.75. The van der Waals surface area contributed by atoms with Crippen LogP contribution in [0.5, 0.6) is 11.5 Å². The highest BCUT2D eigenvalue weighted by atomic mass is 79.9. The number of hydrogen-bond acceptors (Lipinski definition) is 4. The summed E-state index contributed by atoms with van der Waals surface area (Å²) < 4.78 is 12.3. The van der Waals surface area contributed by atoms with Gasteiger partial charge in [0.2, 0.25) is 0 Å². The molecule has 0 fully saturated rings. The number of anilines is 2. The van der Waals surface area contributed by atoms with E-state index < -0.39 is 0 Å². The summed E-state index contributed by atoms with van der Waals surface area (Å²) in [7, 11) is 0. The summed E-state index contributed by atoms with van der Waals surface area (Å²) in [6, 6.07) is 19.0. The molecule has 0 aliphatic rings. The van der Waals surface area contributed by atoms with Crippen LogP contribution in [-0.2, 0) is 11.3 Å². The topological polar surface area (TPSA) is 59.6 Å². The van der Waals surface area contributed by atoms with Crippen LogP contribution in [-0.4, -0.2) is 19.1 Å². The van der Waals surface area contributed by atoms with Gasteiger partial charge < -0.3 is 20.1 Å². The zero-order valence-corrected chi connectivity index (χ0v) is 19.7. The van der Waals surface area contributed by atoms with Gasteiger partial charge in [-0.1, -0.05) is 35.9 Å². The first-order chi connectivity index (χ1) is 15.0. The van der Waals surface area contributed by atoms with Gasteiger partial charge in [-0.2, -0.15) is 0 Å². The van der Waals surface area contributed by atoms with E-state index in [0.29, 0.717) is 29.1 Å². The second-order valence-electron chi connectivity index (χ2n) is 6.86. The van der Waals surface area contributed by atoms with E-state index >= 15 is 0 Å². The lowest BCUT2D eigenvalue weighted by atomic mass is 10.2. The average molecular weight is 504 g/mol. The molecule has 7 heteroatoms. The highest BCUT2D eigenvalue weighted by molar-refractivity contribution is 9.10. The van der Waals surface area contributed by atoms with Crippen molar-refractivity contribution in [3.8, 4) is 11.5 Å². The molecule has 0 atom stereocenters. The quantitative estimate of drug-likeness (QED) is 0.353. The van der Waals surface area contributed by atoms with Crippen LogP contribution in [0.2, 0.25) is 5.02 Å². The van der Waals surface area contributed by atoms with Crippen LogP contribution in [0.1, 0.15) is 18.1 Å². The standard InChI is InChI=1S/C24H24BrClN2O3/c1-3-30-22-12-17(14-27-19-10-9-16(2)21(26)13-19)11-20(25)24(22)31-15-23(29)28-18-7-5-4-6-8-18/h4-13,27H,3,14-15H2,1-2H3,(H,28,29). The second-order valence-corrected chi connectivity index (χ2v) is 8.12. The fourth-order valence-electron chi connectivity index (χ4n) is 2.89. The molecule has 31 heavy (non-hydrogen) atoms. The van der Waals surface area contributed by atoms with Crippen LogP contribution in [0.3, 0.4) is 0 Å². The van der Waals surface area contributed by atoms with Crippen molar-refractivity contribution in [2.24, 2.45) is 0 Å². The van der Waals surface area contributed by atoms with Crippen LogP contribution in [0.15, 0.2) is 65.1 Å². The maximum Gasteiger partial charge on any atom is 0.262 e. The summed E-state index contributed by atoms with van der Waals surface area (Å²) in [4.78, 5) is 12.2. The van der Waals surface area contributed by atoms with Crippen LogP contribution < -0.4 is 20.1 Å². The van der Waals surface area contributed by atoms with Gasteiger partial charge in [-0.15, -0.1) is 0 Å². The van der Waals surface area contributed by atoms with E-state index in [-0.39, 0.29) is 12.5 Å². The summed E-state index contributed by atoms with van der Waals surface area (Å²) in [6.07, 6.45) is 0. The molecule has 0 aliphatic carbocycles. The number of amides is 1. The van der Waals surface area contributed by atoms with Crippen LogP contribution in [0.4, 0.5) is 11.4 Å². The Balaban J connectivity index is 1.67. The Hall–Kier alpha value is -2.70. The Morgan fingerprint density at radius 3 is 2.52 bits per heavy atom. The number of ether oxygens (including phenoxy) is 2. The second kappa shape index (κ2) is 11.1. The fraction of sp³-hybridized carbons (Fsp3) is 0.208. The van der Waals surface area contributed by atoms with Gasteiger partial charge in [0.15, 0.2) is 18.1 Å². The molecular weight excluding hydrogens is 480 g/mol. The Kier molecular flexibility index (Phi) is 8.20. The molecule has 0 spiro atoms. The van der Waals surface area contributed by atoms with Gasteiger partial charge in [-0.25, -0.2) is 0 Å². The minimum Gasteiger partial charge on any atom is -0.490 e. The number of hydrogen-bond donors (Lipinski definition) is 2. The summed E-state index contributed by atoms with van der Waals surface area (Å²) in [5.41, 5.74) is 3.68. The molecule has 0 unspecified atom stereocenters. The van der Waals surface area contributed by atoms with E-state index in [1.807, 2.05) is 74.5 Å². The predicted molar refractivity (Wildman–Crippen MR) is 129 cm³/mol. The minimum absolute atomic E-state index is 0.132. The van der Waals surface area contributed by atoms with Crippen molar-refractivity contribution in [2.75, 3.05) is 23.8 Å². The van der Waals surface area contributed by atoms with Gasteiger partial charge in [0.1, 0.15) is 0 Å². The molecule has 3 aromatic carbocycles. The normalized spacial score (nSPS) is 10.5. The van der Waals surface area contributed by atoms with Gasteiger partial charge in [0.05, 0.1) is 11.1 Å². The third-order valence-electron chi connectivity index (χ3n) is 4.44. The van der Waals surface area contributed by atoms with Crippen molar-refractivity contribution >= 4 is 44.8 Å². The Morgan fingerprint density at radius 2 is 1.81 bits per heavy atom. The predicted octanol–water partition coefficient (Wildman–Crippen LogP) is 6.44. The molecule has 5 nitrogen and oxygen atoms in total. The molecule has 0 aliphatic heterocycles. The molecule has 0 radical (unpaired) electrons. The number of aryl methyl sites for hydroxylation is 1. The van der Waals surface area contributed by atoms with Crippen molar-refractivity contribution in [1.29, 1.82) is 0 Å². The van der Waals surface area contributed by atoms with Crippen molar-refractivity contribution in [1.82, 2.24) is 0 Å². The summed E-state index contributed by atoms with van der Waals surface area (Å²) in [5, 5.41) is 6.88. The molecule has 0 heterocycles. The lowest BCUT2D eigenvalue weighted by Gasteiger charge is -2.16. The average Bonchev–Trinajstić information content (AvgIpc) is 2.75. The molecule has 162 valence electrons. The van der Waals surface area contributed by atoms with Crippen LogP contribution in [0.25, 0.3) is 0 Å². The molecule has 3 rings (SSSR count). The van der Waals surface area contributed by atoms with Gasteiger partial charge >= 0.3 is 0 Å². The van der Waals surface area contributed by atoms with Gasteiger partial charge in [-0.3, -0.25) is 4.79 Å². The number of para-hydroxylation sites is 1. The molecule has 3 aromatic rings. The van der Waals surface area contributed by atoms with Crippen molar-refractivity contribution in [3.05, 3.63) is 81.3 Å². The fourth-order valence-corrected chi connectivity index (χ4v) is 3.67. The lowest BCUT2D eigenvalue weighted by Crippen LogP contribution is -2.20. The van der Waals surface area contributed by atoms with E-state index in [4.69, 9.17) is 21.1 Å². The molecule has 2 N–H and O–H groups in total. The molecule has 0 aromatic heterocycles. The monoisotopic (exact) mass is 502 g/mol. The number of carbonyl (C=O) groups is 1. The maximum absolute atomic E-state index is 12.2. The molecule has 0 saturated carbocycles. The number of halogens is 2. The van der Waals surface area contributed by atoms with E-state index in [0.717, 1.165) is 27.5 Å². The SMILES string of the molecule is CCOc1cc(CNc2ccc(C)c(Cl)c2)cc(Br)c1OCC(=O)Nc1ccccc1. The Morgan fingerprint density at radius 1 is 1.03 bits per heavy atom. The third kappa shape index (κ3) is 6.64.